The van der Waals surface area contributed by atoms with Crippen molar-refractivity contribution in [3.63, 3.8) is 0 Å². The highest BCUT2D eigenvalue weighted by molar-refractivity contribution is 6.31. The maximum absolute atomic E-state index is 10.9. The van der Waals surface area contributed by atoms with Crippen molar-refractivity contribution in [2.45, 2.75) is 6.10 Å². The Morgan fingerprint density at radius 3 is 3.14 bits per heavy atom. The summed E-state index contributed by atoms with van der Waals surface area (Å²) in [6.45, 7) is 0.347. The van der Waals surface area contributed by atoms with Crippen LogP contribution in [0.2, 0.25) is 0 Å². The first kappa shape index (κ1) is 9.49. The minimum Gasteiger partial charge on any atom is -0.369 e. The van der Waals surface area contributed by atoms with E-state index in [1.807, 2.05) is 12.2 Å². The number of carbonyl (C=O) groups excluding carboxylic acids is 1. The van der Waals surface area contributed by atoms with Crippen LogP contribution in [0.3, 0.4) is 0 Å². The zero-order valence-corrected chi connectivity index (χ0v) is 8.20. The molecule has 0 radical (unpaired) electrons. The fraction of sp³-hybridized carbons (Fsp3) is 0.300. The summed E-state index contributed by atoms with van der Waals surface area (Å²) in [6.07, 6.45) is 7.19. The molecule has 1 aliphatic heterocycles. The lowest BCUT2D eigenvalue weighted by Crippen LogP contribution is -2.33. The summed E-state index contributed by atoms with van der Waals surface area (Å²) in [5.74, 6) is -0.705. The van der Waals surface area contributed by atoms with Crippen LogP contribution in [0.4, 0.5) is 0 Å². The first-order valence-corrected chi connectivity index (χ1v) is 4.72. The Labute approximate surface area is 86.9 Å². The van der Waals surface area contributed by atoms with Gasteiger partial charge in [0.25, 0.3) is 0 Å². The number of hydrogen-bond donors (Lipinski definition) is 1. The van der Waals surface area contributed by atoms with E-state index in [0.717, 1.165) is 5.57 Å². The third-order valence-corrected chi connectivity index (χ3v) is 2.51. The molecule has 0 bridgehead atoms. The van der Waals surface area contributed by atoms with Gasteiger partial charge in [0.15, 0.2) is 0 Å². The van der Waals surface area contributed by atoms with Crippen LogP contribution in [-0.4, -0.2) is 18.6 Å². The van der Waals surface area contributed by atoms with E-state index in [-0.39, 0.29) is 17.9 Å². The Bertz CT molecular complexity index is 357. The van der Waals surface area contributed by atoms with Crippen LogP contribution in [0.5, 0.6) is 0 Å². The Balaban J connectivity index is 2.27. The van der Waals surface area contributed by atoms with Crippen molar-refractivity contribution in [3.8, 4) is 0 Å². The highest BCUT2D eigenvalue weighted by Gasteiger charge is 2.25. The lowest BCUT2D eigenvalue weighted by Gasteiger charge is -2.26. The number of fused-ring (bicyclic) bond motifs is 1. The molecule has 2 N–H and O–H groups in total. The van der Waals surface area contributed by atoms with Crippen LogP contribution in [0.15, 0.2) is 34.9 Å². The van der Waals surface area contributed by atoms with Gasteiger partial charge >= 0.3 is 0 Å². The average Bonchev–Trinajstić information content (AvgIpc) is 2.16. The molecule has 0 saturated heterocycles. The summed E-state index contributed by atoms with van der Waals surface area (Å²) >= 11 is 5.83. The molecule has 0 aromatic rings. The molecule has 2 unspecified atom stereocenters. The van der Waals surface area contributed by atoms with Gasteiger partial charge in [0.2, 0.25) is 5.91 Å². The topological polar surface area (TPSA) is 52.3 Å². The molecule has 0 saturated carbocycles. The molecule has 2 aliphatic rings. The molecule has 74 valence electrons. The Morgan fingerprint density at radius 1 is 1.64 bits per heavy atom. The zero-order valence-electron chi connectivity index (χ0n) is 7.44. The second-order valence-corrected chi connectivity index (χ2v) is 3.75. The summed E-state index contributed by atoms with van der Waals surface area (Å²) in [5, 5.41) is 0.640. The van der Waals surface area contributed by atoms with Crippen LogP contribution in [0, 0.1) is 5.92 Å². The van der Waals surface area contributed by atoms with Crippen molar-refractivity contribution in [1.29, 1.82) is 0 Å². The predicted octanol–water partition coefficient (Wildman–Crippen LogP) is 1.11. The van der Waals surface area contributed by atoms with Crippen LogP contribution in [0.25, 0.3) is 0 Å². The quantitative estimate of drug-likeness (QED) is 0.706. The first-order chi connectivity index (χ1) is 6.66. The fourth-order valence-electron chi connectivity index (χ4n) is 1.53. The van der Waals surface area contributed by atoms with Gasteiger partial charge in [-0.25, -0.2) is 0 Å². The fourth-order valence-corrected chi connectivity index (χ4v) is 1.73. The smallest absolute Gasteiger partial charge is 0.226 e. The van der Waals surface area contributed by atoms with Crippen molar-refractivity contribution in [3.05, 3.63) is 34.9 Å². The summed E-state index contributed by atoms with van der Waals surface area (Å²) < 4.78 is 5.44. The number of ether oxygens (including phenoxy) is 1. The lowest BCUT2D eigenvalue weighted by molar-refractivity contribution is -0.122. The summed E-state index contributed by atoms with van der Waals surface area (Å²) in [7, 11) is 0. The number of hydrogen-bond acceptors (Lipinski definition) is 2. The number of allylic oxidation sites excluding steroid dienone is 2. The molecule has 0 fully saturated rings. The highest BCUT2D eigenvalue weighted by atomic mass is 35.5. The Morgan fingerprint density at radius 2 is 2.43 bits per heavy atom. The Hall–Kier alpha value is -1.06. The molecule has 0 spiro atoms. The van der Waals surface area contributed by atoms with Gasteiger partial charge in [-0.1, -0.05) is 17.7 Å². The largest absolute Gasteiger partial charge is 0.369 e. The minimum atomic E-state index is -0.366. The van der Waals surface area contributed by atoms with Gasteiger partial charge in [-0.05, 0) is 23.8 Å². The van der Waals surface area contributed by atoms with Gasteiger partial charge in [-0.15, -0.1) is 0 Å². The van der Waals surface area contributed by atoms with Crippen molar-refractivity contribution in [1.82, 2.24) is 0 Å². The number of primary amides is 1. The number of halogens is 1. The van der Waals surface area contributed by atoms with Crippen LogP contribution in [0.1, 0.15) is 0 Å². The van der Waals surface area contributed by atoms with Gasteiger partial charge in [-0.2, -0.15) is 0 Å². The normalized spacial score (nSPS) is 30.4. The molecule has 2 atom stereocenters. The van der Waals surface area contributed by atoms with Crippen LogP contribution < -0.4 is 5.73 Å². The molecule has 2 rings (SSSR count). The highest BCUT2D eigenvalue weighted by Crippen LogP contribution is 2.26. The number of carbonyl (C=O) groups is 1. The molecule has 1 heterocycles. The maximum Gasteiger partial charge on any atom is 0.226 e. The van der Waals surface area contributed by atoms with E-state index in [9.17, 15) is 4.79 Å². The molecule has 1 aliphatic carbocycles. The van der Waals surface area contributed by atoms with Gasteiger partial charge in [-0.3, -0.25) is 4.79 Å². The van der Waals surface area contributed by atoms with E-state index >= 15 is 0 Å². The van der Waals surface area contributed by atoms with Gasteiger partial charge in [0.1, 0.15) is 6.10 Å². The van der Waals surface area contributed by atoms with E-state index in [1.54, 1.807) is 12.2 Å². The first-order valence-electron chi connectivity index (χ1n) is 4.35. The average molecular weight is 212 g/mol. The monoisotopic (exact) mass is 211 g/mol. The predicted molar refractivity (Wildman–Crippen MR) is 53.6 cm³/mol. The van der Waals surface area contributed by atoms with Crippen LogP contribution >= 0.6 is 11.6 Å². The number of amides is 1. The lowest BCUT2D eigenvalue weighted by atomic mass is 9.96. The molecule has 1 amide bonds. The SMILES string of the molecule is NC(=O)C1C=C2C=C(Cl)C=CC2OC1. The zero-order chi connectivity index (χ0) is 10.1. The van der Waals surface area contributed by atoms with Crippen molar-refractivity contribution in [2.75, 3.05) is 6.61 Å². The van der Waals surface area contributed by atoms with E-state index in [1.165, 1.54) is 0 Å². The molecule has 3 nitrogen and oxygen atoms in total. The number of nitrogens with two attached hydrogens (primary N) is 1. The van der Waals surface area contributed by atoms with Crippen molar-refractivity contribution < 1.29 is 9.53 Å². The Kier molecular flexibility index (Phi) is 2.44. The third-order valence-electron chi connectivity index (χ3n) is 2.28. The molecule has 0 aromatic carbocycles. The minimum absolute atomic E-state index is 0.0758. The van der Waals surface area contributed by atoms with E-state index in [0.29, 0.717) is 11.6 Å². The summed E-state index contributed by atoms with van der Waals surface area (Å²) in [6, 6.07) is 0. The van der Waals surface area contributed by atoms with Gasteiger partial charge < -0.3 is 10.5 Å². The second kappa shape index (κ2) is 3.59. The number of rotatable bonds is 1. The standard InChI is InChI=1S/C10H10ClNO2/c11-8-1-2-9-6(4-8)3-7(5-14-9)10(12)13/h1-4,7,9H,5H2,(H2,12,13). The van der Waals surface area contributed by atoms with Gasteiger partial charge in [0.05, 0.1) is 12.5 Å². The third kappa shape index (κ3) is 1.74. The molecule has 0 aromatic heterocycles. The van der Waals surface area contributed by atoms with Crippen LogP contribution in [-0.2, 0) is 9.53 Å². The van der Waals surface area contributed by atoms with E-state index in [4.69, 9.17) is 22.1 Å². The maximum atomic E-state index is 10.9. The molecule has 4 heteroatoms. The van der Waals surface area contributed by atoms with E-state index < -0.39 is 0 Å². The van der Waals surface area contributed by atoms with E-state index in [2.05, 4.69) is 0 Å². The second-order valence-electron chi connectivity index (χ2n) is 3.32. The van der Waals surface area contributed by atoms with Gasteiger partial charge in [0, 0.05) is 5.03 Å². The molecular formula is C10H10ClNO2. The molecular weight excluding hydrogens is 202 g/mol. The summed E-state index contributed by atoms with van der Waals surface area (Å²) in [4.78, 5) is 10.9. The summed E-state index contributed by atoms with van der Waals surface area (Å²) in [5.41, 5.74) is 6.10. The van der Waals surface area contributed by atoms with Crippen molar-refractivity contribution in [2.24, 2.45) is 11.7 Å². The molecule has 14 heavy (non-hydrogen) atoms. The van der Waals surface area contributed by atoms with Crippen molar-refractivity contribution >= 4 is 17.5 Å².